The van der Waals surface area contributed by atoms with E-state index in [1.807, 2.05) is 19.0 Å². The van der Waals surface area contributed by atoms with Gasteiger partial charge >= 0.3 is 0 Å². The van der Waals surface area contributed by atoms with Crippen LogP contribution in [0.3, 0.4) is 0 Å². The van der Waals surface area contributed by atoms with Crippen molar-refractivity contribution in [3.8, 4) is 0 Å². The number of carbonyl (C=O) groups is 1. The maximum absolute atomic E-state index is 13.2. The van der Waals surface area contributed by atoms with Gasteiger partial charge in [-0.05, 0) is 39.3 Å². The first-order valence-corrected chi connectivity index (χ1v) is 9.15. The molecule has 1 unspecified atom stereocenters. The fourth-order valence-electron chi connectivity index (χ4n) is 3.98. The zero-order chi connectivity index (χ0) is 18.2. The van der Waals surface area contributed by atoms with Crippen LogP contribution in [0.15, 0.2) is 4.79 Å². The van der Waals surface area contributed by atoms with E-state index < -0.39 is 0 Å². The number of nitrogens with zero attached hydrogens (tertiary/aromatic N) is 4. The first-order chi connectivity index (χ1) is 11.8. The Bertz CT molecular complexity index is 714. The molecule has 0 saturated carbocycles. The maximum atomic E-state index is 13.2. The number of nitrogens with one attached hydrogen (secondary N) is 1. The Morgan fingerprint density at radius 1 is 1.36 bits per heavy atom. The van der Waals surface area contributed by atoms with Gasteiger partial charge in [-0.15, -0.1) is 0 Å². The van der Waals surface area contributed by atoms with Gasteiger partial charge < -0.3 is 14.7 Å². The van der Waals surface area contributed by atoms with E-state index in [-0.39, 0.29) is 16.9 Å². The van der Waals surface area contributed by atoms with Crippen molar-refractivity contribution < 1.29 is 4.79 Å². The first kappa shape index (κ1) is 17.9. The fourth-order valence-corrected chi connectivity index (χ4v) is 3.98. The number of hydrogen-bond donors (Lipinski definition) is 1. The van der Waals surface area contributed by atoms with E-state index in [2.05, 4.69) is 28.7 Å². The maximum Gasteiger partial charge on any atom is 0.255 e. The van der Waals surface area contributed by atoms with Crippen molar-refractivity contribution in [2.75, 3.05) is 45.2 Å². The van der Waals surface area contributed by atoms with Crippen LogP contribution in [0.2, 0.25) is 0 Å². The van der Waals surface area contributed by atoms with Crippen LogP contribution < -0.4 is 10.5 Å². The lowest BCUT2D eigenvalue weighted by Gasteiger charge is -2.42. The highest BCUT2D eigenvalue weighted by atomic mass is 16.2. The molecule has 1 amide bonds. The standard InChI is InChI=1S/C18H29N5O2/c1-5-22-9-6-8-18(2,12-22)16(25)23-10-7-13-14(11-23)19-17(21(3)4)20-15(13)24/h5-12H2,1-4H3,(H,19,20,24). The molecule has 1 fully saturated rings. The van der Waals surface area contributed by atoms with E-state index in [9.17, 15) is 9.59 Å². The summed E-state index contributed by atoms with van der Waals surface area (Å²) in [5.74, 6) is 0.740. The Morgan fingerprint density at radius 2 is 2.12 bits per heavy atom. The molecule has 25 heavy (non-hydrogen) atoms. The van der Waals surface area contributed by atoms with E-state index in [0.29, 0.717) is 25.5 Å². The van der Waals surface area contributed by atoms with Crippen molar-refractivity contribution in [1.82, 2.24) is 19.8 Å². The fraction of sp³-hybridized carbons (Fsp3) is 0.722. The lowest BCUT2D eigenvalue weighted by atomic mass is 9.80. The molecule has 138 valence electrons. The van der Waals surface area contributed by atoms with Gasteiger partial charge in [-0.1, -0.05) is 6.92 Å². The van der Waals surface area contributed by atoms with Gasteiger partial charge in [0.25, 0.3) is 5.56 Å². The lowest BCUT2D eigenvalue weighted by Crippen LogP contribution is -2.52. The molecule has 1 saturated heterocycles. The normalized spacial score (nSPS) is 24.1. The monoisotopic (exact) mass is 347 g/mol. The van der Waals surface area contributed by atoms with Crippen LogP contribution in [-0.2, 0) is 17.8 Å². The summed E-state index contributed by atoms with van der Waals surface area (Å²) in [5, 5.41) is 0. The van der Waals surface area contributed by atoms with Crippen molar-refractivity contribution in [2.45, 2.75) is 39.7 Å². The van der Waals surface area contributed by atoms with Crippen molar-refractivity contribution >= 4 is 11.9 Å². The van der Waals surface area contributed by atoms with Gasteiger partial charge in [0.05, 0.1) is 17.7 Å². The van der Waals surface area contributed by atoms with E-state index in [1.54, 1.807) is 4.90 Å². The summed E-state index contributed by atoms with van der Waals surface area (Å²) in [6.07, 6.45) is 2.56. The second-order valence-electron chi connectivity index (χ2n) is 7.72. The third-order valence-electron chi connectivity index (χ3n) is 5.51. The lowest BCUT2D eigenvalue weighted by molar-refractivity contribution is -0.145. The Balaban J connectivity index is 1.82. The number of fused-ring (bicyclic) bond motifs is 1. The average molecular weight is 347 g/mol. The highest BCUT2D eigenvalue weighted by Gasteiger charge is 2.41. The first-order valence-electron chi connectivity index (χ1n) is 9.15. The number of aromatic nitrogens is 2. The molecule has 7 nitrogen and oxygen atoms in total. The highest BCUT2D eigenvalue weighted by Crippen LogP contribution is 2.33. The third kappa shape index (κ3) is 3.42. The van der Waals surface area contributed by atoms with Gasteiger partial charge in [0.15, 0.2) is 0 Å². The summed E-state index contributed by atoms with van der Waals surface area (Å²) in [6, 6.07) is 0. The molecule has 0 spiro atoms. The van der Waals surface area contributed by atoms with Gasteiger partial charge in [0.2, 0.25) is 11.9 Å². The molecule has 1 atom stereocenters. The summed E-state index contributed by atoms with van der Waals surface area (Å²) in [4.78, 5) is 38.9. The topological polar surface area (TPSA) is 72.5 Å². The van der Waals surface area contributed by atoms with E-state index in [0.717, 1.165) is 43.7 Å². The zero-order valence-electron chi connectivity index (χ0n) is 15.8. The number of H-pyrrole nitrogens is 1. The number of carbonyl (C=O) groups excluding carboxylic acids is 1. The molecule has 7 heteroatoms. The molecule has 1 aromatic heterocycles. The van der Waals surface area contributed by atoms with Crippen molar-refractivity contribution in [3.05, 3.63) is 21.6 Å². The Labute approximate surface area is 149 Å². The van der Waals surface area contributed by atoms with Gasteiger partial charge in [0.1, 0.15) is 0 Å². The van der Waals surface area contributed by atoms with Crippen LogP contribution in [0, 0.1) is 5.41 Å². The van der Waals surface area contributed by atoms with E-state index in [1.165, 1.54) is 0 Å². The minimum Gasteiger partial charge on any atom is -0.348 e. The number of piperidine rings is 1. The highest BCUT2D eigenvalue weighted by molar-refractivity contribution is 5.83. The predicted octanol–water partition coefficient (Wildman–Crippen LogP) is 0.843. The molecule has 2 aliphatic rings. The van der Waals surface area contributed by atoms with E-state index in [4.69, 9.17) is 0 Å². The molecule has 0 aromatic carbocycles. The molecular weight excluding hydrogens is 318 g/mol. The number of hydrogen-bond acceptors (Lipinski definition) is 5. The van der Waals surface area contributed by atoms with Crippen molar-refractivity contribution in [3.63, 3.8) is 0 Å². The second-order valence-corrected chi connectivity index (χ2v) is 7.72. The van der Waals surface area contributed by atoms with Gasteiger partial charge in [-0.25, -0.2) is 4.98 Å². The van der Waals surface area contributed by atoms with Crippen LogP contribution in [0.5, 0.6) is 0 Å². The summed E-state index contributed by atoms with van der Waals surface area (Å²) >= 11 is 0. The molecule has 0 radical (unpaired) electrons. The van der Waals surface area contributed by atoms with Crippen LogP contribution >= 0.6 is 0 Å². The van der Waals surface area contributed by atoms with Gasteiger partial charge in [-0.2, -0.15) is 0 Å². The second kappa shape index (κ2) is 6.78. The number of rotatable bonds is 3. The largest absolute Gasteiger partial charge is 0.348 e. The number of amides is 1. The van der Waals surface area contributed by atoms with Gasteiger partial charge in [0, 0.05) is 32.7 Å². The average Bonchev–Trinajstić information content (AvgIpc) is 2.60. The van der Waals surface area contributed by atoms with Crippen LogP contribution in [0.1, 0.15) is 37.9 Å². The summed E-state index contributed by atoms with van der Waals surface area (Å²) in [6.45, 7) is 8.13. The third-order valence-corrected chi connectivity index (χ3v) is 5.51. The zero-order valence-corrected chi connectivity index (χ0v) is 15.8. The predicted molar refractivity (Wildman–Crippen MR) is 97.8 cm³/mol. The quantitative estimate of drug-likeness (QED) is 0.877. The molecule has 0 bridgehead atoms. The Hall–Kier alpha value is -1.89. The Morgan fingerprint density at radius 3 is 2.80 bits per heavy atom. The molecule has 1 N–H and O–H groups in total. The smallest absolute Gasteiger partial charge is 0.255 e. The molecule has 2 aliphatic heterocycles. The molecule has 0 aliphatic carbocycles. The van der Waals surface area contributed by atoms with Crippen molar-refractivity contribution in [1.29, 1.82) is 0 Å². The minimum atomic E-state index is -0.336. The summed E-state index contributed by atoms with van der Waals surface area (Å²) < 4.78 is 0. The number of likely N-dealkylation sites (tertiary alicyclic amines) is 1. The van der Waals surface area contributed by atoms with Crippen molar-refractivity contribution in [2.24, 2.45) is 5.41 Å². The minimum absolute atomic E-state index is 0.0816. The van der Waals surface area contributed by atoms with Gasteiger partial charge in [-0.3, -0.25) is 14.6 Å². The molecule has 1 aromatic rings. The summed E-state index contributed by atoms with van der Waals surface area (Å²) in [5.41, 5.74) is 1.04. The number of anilines is 1. The van der Waals surface area contributed by atoms with E-state index >= 15 is 0 Å². The van der Waals surface area contributed by atoms with Crippen LogP contribution in [0.4, 0.5) is 5.95 Å². The van der Waals surface area contributed by atoms with Crippen LogP contribution in [0.25, 0.3) is 0 Å². The molecular formula is C18H29N5O2. The molecule has 3 heterocycles. The number of aromatic amines is 1. The molecule has 3 rings (SSSR count). The SMILES string of the molecule is CCN1CCCC(C)(C(=O)N2CCc3c(nc(N(C)C)[nH]c3=O)C2)C1. The Kier molecular flexibility index (Phi) is 4.86. The van der Waals surface area contributed by atoms with Crippen LogP contribution in [-0.4, -0.2) is 65.9 Å². The summed E-state index contributed by atoms with van der Waals surface area (Å²) in [7, 11) is 3.69.